The van der Waals surface area contributed by atoms with Crippen molar-refractivity contribution in [2.75, 3.05) is 0 Å². The van der Waals surface area contributed by atoms with Crippen molar-refractivity contribution < 1.29 is 0 Å². The van der Waals surface area contributed by atoms with Crippen LogP contribution in [0.4, 0.5) is 0 Å². The molecule has 33 heavy (non-hydrogen) atoms. The van der Waals surface area contributed by atoms with Crippen molar-refractivity contribution in [3.05, 3.63) is 100 Å². The number of nitrogens with zero attached hydrogens (tertiary/aromatic N) is 6. The Labute approximate surface area is 195 Å². The first kappa shape index (κ1) is 21.1. The van der Waals surface area contributed by atoms with Gasteiger partial charge >= 0.3 is 0 Å². The molecular formula is C25H22N6OS. The van der Waals surface area contributed by atoms with Crippen LogP contribution in [0.1, 0.15) is 29.1 Å². The second-order valence-corrected chi connectivity index (χ2v) is 9.17. The van der Waals surface area contributed by atoms with Gasteiger partial charge in [0.2, 0.25) is 0 Å². The van der Waals surface area contributed by atoms with Gasteiger partial charge in [0.05, 0.1) is 27.5 Å². The Morgan fingerprint density at radius 3 is 2.42 bits per heavy atom. The van der Waals surface area contributed by atoms with E-state index in [2.05, 4.69) is 22.4 Å². The molecule has 0 fully saturated rings. The topological polar surface area (TPSA) is 78.5 Å². The lowest BCUT2D eigenvalue weighted by Crippen LogP contribution is -2.22. The van der Waals surface area contributed by atoms with Gasteiger partial charge in [-0.1, -0.05) is 48.2 Å². The van der Waals surface area contributed by atoms with E-state index in [-0.39, 0.29) is 10.8 Å². The number of hydrogen-bond donors (Lipinski definition) is 0. The maximum atomic E-state index is 13.6. The van der Waals surface area contributed by atoms with Crippen molar-refractivity contribution >= 4 is 22.7 Å². The number of aryl methyl sites for hydroxylation is 2. The van der Waals surface area contributed by atoms with Gasteiger partial charge in [-0.15, -0.1) is 5.10 Å². The largest absolute Gasteiger partial charge is 0.268 e. The number of thioether (sulfide) groups is 1. The van der Waals surface area contributed by atoms with Gasteiger partial charge in [-0.25, -0.2) is 4.98 Å². The Morgan fingerprint density at radius 1 is 0.879 bits per heavy atom. The molecule has 2 aromatic heterocycles. The van der Waals surface area contributed by atoms with Crippen LogP contribution in [0, 0.1) is 13.8 Å². The van der Waals surface area contributed by atoms with Crippen molar-refractivity contribution in [3.8, 4) is 11.4 Å². The summed E-state index contributed by atoms with van der Waals surface area (Å²) in [4.78, 5) is 18.4. The summed E-state index contributed by atoms with van der Waals surface area (Å²) in [6.07, 6.45) is 0. The van der Waals surface area contributed by atoms with Crippen LogP contribution < -0.4 is 5.56 Å². The molecule has 3 aromatic carbocycles. The molecule has 5 aromatic rings. The Kier molecular flexibility index (Phi) is 5.51. The monoisotopic (exact) mass is 454 g/mol. The van der Waals surface area contributed by atoms with Crippen LogP contribution in [0.25, 0.3) is 22.3 Å². The lowest BCUT2D eigenvalue weighted by atomic mass is 10.1. The first-order valence-electron chi connectivity index (χ1n) is 10.6. The van der Waals surface area contributed by atoms with E-state index in [1.54, 1.807) is 9.25 Å². The van der Waals surface area contributed by atoms with Crippen molar-refractivity contribution in [2.45, 2.75) is 31.2 Å². The summed E-state index contributed by atoms with van der Waals surface area (Å²) in [5, 5.41) is 13.3. The molecular weight excluding hydrogens is 432 g/mol. The number of hydrogen-bond acceptors (Lipinski definition) is 6. The van der Waals surface area contributed by atoms with E-state index in [1.165, 1.54) is 17.3 Å². The van der Waals surface area contributed by atoms with Crippen LogP contribution in [-0.2, 0) is 0 Å². The number of aromatic nitrogens is 6. The fraction of sp³-hybridized carbons (Fsp3) is 0.160. The van der Waals surface area contributed by atoms with Gasteiger partial charge in [0.1, 0.15) is 0 Å². The quantitative estimate of drug-likeness (QED) is 0.280. The molecule has 0 N–H and O–H groups in total. The molecule has 0 radical (unpaired) electrons. The van der Waals surface area contributed by atoms with Gasteiger partial charge < -0.3 is 0 Å². The Balaban J connectivity index is 1.63. The van der Waals surface area contributed by atoms with Gasteiger partial charge in [-0.05, 0) is 78.7 Å². The molecule has 0 saturated heterocycles. The van der Waals surface area contributed by atoms with Gasteiger partial charge in [0.15, 0.2) is 11.0 Å². The second kappa shape index (κ2) is 8.63. The van der Waals surface area contributed by atoms with E-state index >= 15 is 0 Å². The zero-order valence-corrected chi connectivity index (χ0v) is 19.3. The number of rotatable bonds is 5. The molecule has 0 amide bonds. The predicted molar refractivity (Wildman–Crippen MR) is 130 cm³/mol. The third kappa shape index (κ3) is 3.93. The van der Waals surface area contributed by atoms with Crippen LogP contribution in [0.15, 0.2) is 82.7 Å². The van der Waals surface area contributed by atoms with Crippen LogP contribution >= 0.6 is 11.8 Å². The van der Waals surface area contributed by atoms with E-state index in [0.717, 1.165) is 16.9 Å². The first-order valence-corrected chi connectivity index (χ1v) is 11.5. The van der Waals surface area contributed by atoms with E-state index < -0.39 is 0 Å². The maximum absolute atomic E-state index is 13.6. The summed E-state index contributed by atoms with van der Waals surface area (Å²) in [5.41, 5.74) is 4.53. The molecule has 1 atom stereocenters. The summed E-state index contributed by atoms with van der Waals surface area (Å²) >= 11 is 1.46. The minimum atomic E-state index is -0.161. The molecule has 0 aliphatic rings. The summed E-state index contributed by atoms with van der Waals surface area (Å²) < 4.78 is 3.41. The fourth-order valence-corrected chi connectivity index (χ4v) is 4.71. The molecule has 8 heteroatoms. The minimum Gasteiger partial charge on any atom is -0.268 e. The van der Waals surface area contributed by atoms with Gasteiger partial charge in [0, 0.05) is 0 Å². The Hall–Kier alpha value is -3.78. The van der Waals surface area contributed by atoms with Crippen molar-refractivity contribution in [1.82, 2.24) is 29.8 Å². The molecule has 0 aliphatic carbocycles. The third-order valence-electron chi connectivity index (χ3n) is 5.63. The molecule has 5 rings (SSSR count). The molecule has 0 saturated carbocycles. The summed E-state index contributed by atoms with van der Waals surface area (Å²) in [5.74, 6) is 0.681. The molecule has 7 nitrogen and oxygen atoms in total. The lowest BCUT2D eigenvalue weighted by molar-refractivity contribution is 0.758. The van der Waals surface area contributed by atoms with Crippen LogP contribution in [0.2, 0.25) is 0 Å². The summed E-state index contributed by atoms with van der Waals surface area (Å²) in [6.45, 7) is 6.12. The van der Waals surface area contributed by atoms with Crippen molar-refractivity contribution in [1.29, 1.82) is 0 Å². The average Bonchev–Trinajstić information content (AvgIpc) is 3.32. The molecule has 1 unspecified atom stereocenters. The predicted octanol–water partition coefficient (Wildman–Crippen LogP) is 4.83. The number of benzene rings is 3. The zero-order chi connectivity index (χ0) is 22.9. The average molecular weight is 455 g/mol. The van der Waals surface area contributed by atoms with Gasteiger partial charge in [-0.2, -0.15) is 4.68 Å². The first-order chi connectivity index (χ1) is 16.0. The highest BCUT2D eigenvalue weighted by Gasteiger charge is 2.21. The van der Waals surface area contributed by atoms with E-state index in [0.29, 0.717) is 21.9 Å². The molecule has 2 heterocycles. The SMILES string of the molecule is Cc1ccc(-n2c(SC(C)c3nnnn3-c3ccccc3)nc3ccccc3c2=O)cc1C. The third-order valence-corrected chi connectivity index (χ3v) is 6.68. The highest BCUT2D eigenvalue weighted by Crippen LogP contribution is 2.34. The second-order valence-electron chi connectivity index (χ2n) is 7.87. The highest BCUT2D eigenvalue weighted by atomic mass is 32.2. The molecule has 0 spiro atoms. The van der Waals surface area contributed by atoms with E-state index in [4.69, 9.17) is 4.98 Å². The number of para-hydroxylation sites is 2. The Morgan fingerprint density at radius 2 is 1.64 bits per heavy atom. The van der Waals surface area contributed by atoms with Gasteiger partial charge in [0.25, 0.3) is 5.56 Å². The zero-order valence-electron chi connectivity index (χ0n) is 18.5. The molecule has 164 valence electrons. The minimum absolute atomic E-state index is 0.0961. The smallest absolute Gasteiger partial charge is 0.266 e. The Bertz CT molecular complexity index is 1510. The van der Waals surface area contributed by atoms with Crippen LogP contribution in [0.5, 0.6) is 0 Å². The van der Waals surface area contributed by atoms with Crippen LogP contribution in [-0.4, -0.2) is 29.8 Å². The molecule has 0 aliphatic heterocycles. The number of fused-ring (bicyclic) bond motifs is 1. The highest BCUT2D eigenvalue weighted by molar-refractivity contribution is 7.99. The van der Waals surface area contributed by atoms with E-state index in [9.17, 15) is 4.79 Å². The summed E-state index contributed by atoms with van der Waals surface area (Å²) in [7, 11) is 0. The maximum Gasteiger partial charge on any atom is 0.266 e. The van der Waals surface area contributed by atoms with Crippen LogP contribution in [0.3, 0.4) is 0 Å². The lowest BCUT2D eigenvalue weighted by Gasteiger charge is -2.17. The summed E-state index contributed by atoms with van der Waals surface area (Å²) in [6, 6.07) is 23.2. The normalized spacial score (nSPS) is 12.2. The molecule has 0 bridgehead atoms. The standard InChI is InChI=1S/C25H22N6OS/c1-16-13-14-20(15-17(16)2)30-24(32)21-11-7-8-12-22(21)26-25(30)33-18(3)23-27-28-29-31(23)19-9-5-4-6-10-19/h4-15,18H,1-3H3. The van der Waals surface area contributed by atoms with Crippen molar-refractivity contribution in [2.24, 2.45) is 0 Å². The van der Waals surface area contributed by atoms with E-state index in [1.807, 2.05) is 86.6 Å². The van der Waals surface area contributed by atoms with Gasteiger partial charge in [-0.3, -0.25) is 9.36 Å². The number of tetrazole rings is 1. The van der Waals surface area contributed by atoms with Crippen molar-refractivity contribution in [3.63, 3.8) is 0 Å². The fourth-order valence-electron chi connectivity index (χ4n) is 3.70.